The number of aromatic hydroxyl groups is 1. The normalized spacial score (nSPS) is 14.5. The maximum Gasteiger partial charge on any atom is 0.184 e. The Balaban J connectivity index is 0.000000826. The Morgan fingerprint density at radius 2 is 1.61 bits per heavy atom. The van der Waals surface area contributed by atoms with Gasteiger partial charge in [0.2, 0.25) is 0 Å². The average Bonchev–Trinajstić information content (AvgIpc) is 3.57. The monoisotopic (exact) mass is 534 g/mol. The van der Waals surface area contributed by atoms with Crippen molar-refractivity contribution in [1.29, 1.82) is 0 Å². The van der Waals surface area contributed by atoms with Crippen LogP contribution in [-0.4, -0.2) is 41.8 Å². The van der Waals surface area contributed by atoms with E-state index < -0.39 is 50.4 Å². The van der Waals surface area contributed by atoms with Crippen molar-refractivity contribution in [2.45, 2.75) is 77.3 Å². The number of halogens is 3. The van der Waals surface area contributed by atoms with Gasteiger partial charge in [0.15, 0.2) is 17.4 Å². The molecule has 0 amide bonds. The number of rotatable bonds is 9. The van der Waals surface area contributed by atoms with Crippen LogP contribution in [0.4, 0.5) is 30.2 Å². The molecular weight excluding hydrogens is 497 g/mol. The van der Waals surface area contributed by atoms with E-state index in [9.17, 15) is 22.5 Å². The van der Waals surface area contributed by atoms with Gasteiger partial charge in [-0.15, -0.1) is 0 Å². The first-order valence-electron chi connectivity index (χ1n) is 11.8. The van der Waals surface area contributed by atoms with E-state index in [1.807, 2.05) is 13.8 Å². The van der Waals surface area contributed by atoms with Gasteiger partial charge in [0.05, 0.1) is 10.4 Å². The fourth-order valence-corrected chi connectivity index (χ4v) is 4.53. The third kappa shape index (κ3) is 9.61. The zero-order chi connectivity index (χ0) is 27.7. The number of aliphatic hydroxyl groups is 3. The highest BCUT2D eigenvalue weighted by atomic mass is 32.2. The Morgan fingerprint density at radius 1 is 1.03 bits per heavy atom. The molecule has 6 N–H and O–H groups in total. The summed E-state index contributed by atoms with van der Waals surface area (Å²) < 4.78 is 57.5. The Kier molecular flexibility index (Phi) is 12.2. The summed E-state index contributed by atoms with van der Waals surface area (Å²) in [6.07, 6.45) is 3.20. The van der Waals surface area contributed by atoms with Gasteiger partial charge in [0.1, 0.15) is 33.9 Å². The summed E-state index contributed by atoms with van der Waals surface area (Å²) >= 11 is 0. The Bertz CT molecular complexity index is 1020. The largest absolute Gasteiger partial charge is 0.506 e. The second-order valence-electron chi connectivity index (χ2n) is 8.78. The van der Waals surface area contributed by atoms with Crippen LogP contribution in [-0.2, 0) is 11.0 Å². The van der Waals surface area contributed by atoms with Crippen LogP contribution >= 0.6 is 0 Å². The summed E-state index contributed by atoms with van der Waals surface area (Å²) in [7, 11) is -1.69. The van der Waals surface area contributed by atoms with Crippen LogP contribution < -0.4 is 10.0 Å². The molecule has 11 heteroatoms. The number of aryl methyl sites for hydroxylation is 1. The zero-order valence-corrected chi connectivity index (χ0v) is 22.1. The van der Waals surface area contributed by atoms with Gasteiger partial charge in [0, 0.05) is 12.7 Å². The SMILES string of the molecule is CC.CC(C)(O)O.Cc1ccc(Nc2c(F)c(F)cc(O)c2NS(=O)C2(CCCCO)CC2)c(F)c1. The number of anilines is 3. The Morgan fingerprint density at radius 3 is 2.11 bits per heavy atom. The van der Waals surface area contributed by atoms with E-state index in [0.717, 1.165) is 0 Å². The number of phenolic OH excluding ortho intramolecular Hbond substituents is 1. The van der Waals surface area contributed by atoms with Crippen molar-refractivity contribution in [3.8, 4) is 5.75 Å². The quantitative estimate of drug-likeness (QED) is 0.146. The van der Waals surface area contributed by atoms with E-state index in [1.54, 1.807) is 13.0 Å². The minimum atomic E-state index is -1.69. The summed E-state index contributed by atoms with van der Waals surface area (Å²) in [5, 5.41) is 37.7. The molecule has 0 saturated heterocycles. The van der Waals surface area contributed by atoms with Crippen LogP contribution in [0.3, 0.4) is 0 Å². The van der Waals surface area contributed by atoms with Gasteiger partial charge in [-0.1, -0.05) is 19.9 Å². The number of hydrogen-bond donors (Lipinski definition) is 6. The lowest BCUT2D eigenvalue weighted by Gasteiger charge is -2.20. The molecule has 1 fully saturated rings. The second kappa shape index (κ2) is 13.8. The smallest absolute Gasteiger partial charge is 0.184 e. The number of unbranched alkanes of at least 4 members (excludes halogenated alkanes) is 1. The molecule has 3 rings (SSSR count). The van der Waals surface area contributed by atoms with Crippen LogP contribution in [0.5, 0.6) is 5.75 Å². The maximum absolute atomic E-state index is 14.5. The first kappa shape index (κ1) is 31.7. The van der Waals surface area contributed by atoms with Crippen LogP contribution in [0.15, 0.2) is 24.3 Å². The van der Waals surface area contributed by atoms with Gasteiger partial charge in [-0.2, -0.15) is 0 Å². The predicted molar refractivity (Wildman–Crippen MR) is 137 cm³/mol. The van der Waals surface area contributed by atoms with E-state index >= 15 is 0 Å². The van der Waals surface area contributed by atoms with Crippen molar-refractivity contribution >= 4 is 28.0 Å². The summed E-state index contributed by atoms with van der Waals surface area (Å²) in [5.41, 5.74) is -0.286. The number of aliphatic hydroxyl groups excluding tert-OH is 1. The lowest BCUT2D eigenvalue weighted by Crippen LogP contribution is -2.24. The van der Waals surface area contributed by atoms with E-state index in [-0.39, 0.29) is 18.0 Å². The molecule has 36 heavy (non-hydrogen) atoms. The highest BCUT2D eigenvalue weighted by Gasteiger charge is 2.48. The number of phenols is 1. The third-order valence-corrected chi connectivity index (χ3v) is 6.81. The van der Waals surface area contributed by atoms with Crippen molar-refractivity contribution in [1.82, 2.24) is 0 Å². The highest BCUT2D eigenvalue weighted by Crippen LogP contribution is 2.48. The van der Waals surface area contributed by atoms with Crippen molar-refractivity contribution in [3.05, 3.63) is 47.3 Å². The van der Waals surface area contributed by atoms with E-state index in [4.69, 9.17) is 15.3 Å². The number of nitrogens with one attached hydrogen (secondary N) is 2. The molecule has 1 atom stereocenters. The zero-order valence-electron chi connectivity index (χ0n) is 21.3. The summed E-state index contributed by atoms with van der Waals surface area (Å²) in [6, 6.07) is 4.76. The standard InChI is InChI=1S/C20H23F3N2O3S.C3H8O2.C2H6/c1-12-4-5-15(13(21)10-12)24-19-17(23)14(22)11-16(27)18(19)25-29(28)20(7-8-20)6-2-3-9-26;1-3(2,4)5;1-2/h4-5,10-11,24-27H,2-3,6-9H2,1H3;4-5H,1-2H3;1-2H3. The molecule has 0 heterocycles. The summed E-state index contributed by atoms with van der Waals surface area (Å²) in [6.45, 7) is 8.32. The molecule has 1 aliphatic rings. The fraction of sp³-hybridized carbons (Fsp3) is 0.520. The van der Waals surface area contributed by atoms with E-state index in [1.165, 1.54) is 26.0 Å². The van der Waals surface area contributed by atoms with E-state index in [2.05, 4.69) is 10.0 Å². The Hall–Kier alpha value is -2.34. The van der Waals surface area contributed by atoms with Crippen LogP contribution in [0.2, 0.25) is 0 Å². The first-order valence-corrected chi connectivity index (χ1v) is 12.9. The maximum atomic E-state index is 14.5. The van der Waals surface area contributed by atoms with Gasteiger partial charge >= 0.3 is 0 Å². The molecule has 204 valence electrons. The number of benzene rings is 2. The molecule has 1 unspecified atom stereocenters. The third-order valence-electron chi connectivity index (χ3n) is 5.02. The molecular formula is C25H37F3N2O5S. The van der Waals surface area contributed by atoms with Crippen molar-refractivity contribution < 1.29 is 37.8 Å². The van der Waals surface area contributed by atoms with Crippen LogP contribution in [0, 0.1) is 24.4 Å². The molecule has 7 nitrogen and oxygen atoms in total. The first-order chi connectivity index (χ1) is 16.8. The van der Waals surface area contributed by atoms with Gasteiger partial charge in [-0.3, -0.25) is 4.72 Å². The predicted octanol–water partition coefficient (Wildman–Crippen LogP) is 5.37. The van der Waals surface area contributed by atoms with Crippen molar-refractivity contribution in [3.63, 3.8) is 0 Å². The second-order valence-corrected chi connectivity index (χ2v) is 10.4. The van der Waals surface area contributed by atoms with Gasteiger partial charge < -0.3 is 25.7 Å². The topological polar surface area (TPSA) is 122 Å². The lowest BCUT2D eigenvalue weighted by atomic mass is 10.2. The number of hydrogen-bond acceptors (Lipinski definition) is 6. The van der Waals surface area contributed by atoms with Gasteiger partial charge in [0.25, 0.3) is 0 Å². The minimum absolute atomic E-state index is 0.0380. The van der Waals surface area contributed by atoms with Gasteiger partial charge in [-0.05, 0) is 70.6 Å². The van der Waals surface area contributed by atoms with Crippen molar-refractivity contribution in [2.24, 2.45) is 0 Å². The molecule has 1 saturated carbocycles. The minimum Gasteiger partial charge on any atom is -0.506 e. The molecule has 1 aliphatic carbocycles. The lowest BCUT2D eigenvalue weighted by molar-refractivity contribution is -0.127. The van der Waals surface area contributed by atoms with Crippen molar-refractivity contribution in [2.75, 3.05) is 16.6 Å². The molecule has 2 aromatic carbocycles. The fourth-order valence-electron chi connectivity index (χ4n) is 3.12. The highest BCUT2D eigenvalue weighted by molar-refractivity contribution is 7.88. The van der Waals surface area contributed by atoms with Gasteiger partial charge in [-0.25, -0.2) is 17.4 Å². The van der Waals surface area contributed by atoms with Crippen LogP contribution in [0.25, 0.3) is 0 Å². The molecule has 0 spiro atoms. The molecule has 2 aromatic rings. The van der Waals surface area contributed by atoms with Crippen LogP contribution in [0.1, 0.15) is 65.4 Å². The molecule has 0 bridgehead atoms. The average molecular weight is 535 g/mol. The summed E-state index contributed by atoms with van der Waals surface area (Å²) in [5.74, 6) is -5.47. The summed E-state index contributed by atoms with van der Waals surface area (Å²) in [4.78, 5) is 0. The molecule has 0 aromatic heterocycles. The van der Waals surface area contributed by atoms with E-state index in [0.29, 0.717) is 43.7 Å². The molecule has 0 radical (unpaired) electrons. The Labute approximate surface area is 213 Å². The molecule has 0 aliphatic heterocycles.